The first-order valence-corrected chi connectivity index (χ1v) is 4.90. The summed E-state index contributed by atoms with van der Waals surface area (Å²) < 4.78 is 10.7. The molecule has 4 atom stereocenters. The summed E-state index contributed by atoms with van der Waals surface area (Å²) in [5.41, 5.74) is 5.08. The van der Waals surface area contributed by atoms with Crippen LogP contribution in [0.5, 0.6) is 0 Å². The van der Waals surface area contributed by atoms with Crippen LogP contribution in [0.25, 0.3) is 0 Å². The molecule has 1 amide bonds. The number of carbonyl (C=O) groups excluding carboxylic acids is 1. The fourth-order valence-corrected chi connectivity index (χ4v) is 2.18. The Balaban J connectivity index is 1.95. The van der Waals surface area contributed by atoms with Crippen molar-refractivity contribution in [2.24, 2.45) is 11.7 Å². The number of carbonyl (C=O) groups is 1. The van der Waals surface area contributed by atoms with Gasteiger partial charge in [-0.2, -0.15) is 0 Å². The van der Waals surface area contributed by atoms with Crippen LogP contribution in [0, 0.1) is 16.0 Å². The minimum Gasteiger partial charge on any atom is -0.373 e. The average molecular weight is 232 g/mol. The molecule has 2 aliphatic rings. The Morgan fingerprint density at radius 3 is 2.75 bits per heavy atom. The average Bonchev–Trinajstić information content (AvgIpc) is 2.70. The van der Waals surface area contributed by atoms with E-state index in [0.717, 1.165) is 0 Å². The van der Waals surface area contributed by atoms with Crippen molar-refractivity contribution < 1.29 is 24.2 Å². The lowest BCUT2D eigenvalue weighted by atomic mass is 9.98. The number of rotatable bonds is 4. The Hall–Kier alpha value is -1.41. The number of hydrogen-bond acceptors (Lipinski definition) is 6. The second-order valence-corrected chi connectivity index (χ2v) is 3.89. The molecule has 16 heavy (non-hydrogen) atoms. The van der Waals surface area contributed by atoms with Crippen molar-refractivity contribution in [2.75, 3.05) is 13.2 Å². The van der Waals surface area contributed by atoms with Crippen LogP contribution in [0.4, 0.5) is 0 Å². The van der Waals surface area contributed by atoms with Crippen molar-refractivity contribution in [1.29, 1.82) is 0 Å². The predicted molar refractivity (Wildman–Crippen MR) is 48.6 cm³/mol. The molecule has 2 N–H and O–H groups in total. The zero-order valence-electron chi connectivity index (χ0n) is 8.40. The summed E-state index contributed by atoms with van der Waals surface area (Å²) in [7, 11) is 0. The Morgan fingerprint density at radius 2 is 2.12 bits per heavy atom. The van der Waals surface area contributed by atoms with Gasteiger partial charge in [-0.15, -0.1) is 10.1 Å². The second-order valence-electron chi connectivity index (χ2n) is 3.89. The molecule has 0 aliphatic carbocycles. The van der Waals surface area contributed by atoms with Crippen LogP contribution in [0.15, 0.2) is 0 Å². The van der Waals surface area contributed by atoms with E-state index in [1.54, 1.807) is 0 Å². The zero-order valence-corrected chi connectivity index (χ0v) is 8.40. The van der Waals surface area contributed by atoms with Crippen LogP contribution in [0.2, 0.25) is 0 Å². The molecule has 0 aromatic carbocycles. The number of fused-ring (bicyclic) bond motifs is 1. The lowest BCUT2D eigenvalue weighted by Crippen LogP contribution is -2.33. The molecule has 2 aliphatic heterocycles. The van der Waals surface area contributed by atoms with Crippen LogP contribution in [0.3, 0.4) is 0 Å². The Bertz CT molecular complexity index is 279. The minimum atomic E-state index is -0.860. The highest BCUT2D eigenvalue weighted by atomic mass is 17.0. The maximum atomic E-state index is 10.8. The summed E-state index contributed by atoms with van der Waals surface area (Å²) >= 11 is 0. The molecule has 2 heterocycles. The van der Waals surface area contributed by atoms with Gasteiger partial charge in [0.05, 0.1) is 19.3 Å². The molecule has 0 radical (unpaired) electrons. The highest BCUT2D eigenvalue weighted by Gasteiger charge is 2.49. The van der Waals surface area contributed by atoms with Gasteiger partial charge in [0.25, 0.3) is 5.09 Å². The lowest BCUT2D eigenvalue weighted by molar-refractivity contribution is -0.769. The minimum absolute atomic E-state index is 0.103. The number of amides is 1. The molecule has 2 rings (SSSR count). The van der Waals surface area contributed by atoms with E-state index < -0.39 is 23.2 Å². The predicted octanol–water partition coefficient (Wildman–Crippen LogP) is -1.15. The van der Waals surface area contributed by atoms with E-state index in [9.17, 15) is 14.9 Å². The standard InChI is InChI=1S/C8H12N2O6/c9-6(11)1-4-2-14-8-5(16-10(12)13)3-15-7(4)8/h4-5,7-8H,1-3H2,(H2,9,11)/t4-,5+,7+,8+/m0/s1. The molecule has 2 fully saturated rings. The normalized spacial score (nSPS) is 37.0. The molecule has 0 unspecified atom stereocenters. The molecule has 90 valence electrons. The summed E-state index contributed by atoms with van der Waals surface area (Å²) in [5, 5.41) is 9.34. The molecule has 0 aromatic heterocycles. The van der Waals surface area contributed by atoms with E-state index in [4.69, 9.17) is 15.2 Å². The van der Waals surface area contributed by atoms with Crippen molar-refractivity contribution in [3.05, 3.63) is 10.1 Å². The first kappa shape index (κ1) is 11.1. The summed E-state index contributed by atoms with van der Waals surface area (Å²) in [5.74, 6) is -0.570. The van der Waals surface area contributed by atoms with Gasteiger partial charge in [-0.1, -0.05) is 0 Å². The summed E-state index contributed by atoms with van der Waals surface area (Å²) in [6.07, 6.45) is -1.36. The number of nitrogens with two attached hydrogens (primary N) is 1. The van der Waals surface area contributed by atoms with Crippen molar-refractivity contribution in [3.63, 3.8) is 0 Å². The van der Waals surface area contributed by atoms with Gasteiger partial charge >= 0.3 is 0 Å². The first-order valence-electron chi connectivity index (χ1n) is 4.90. The number of primary amides is 1. The third-order valence-electron chi connectivity index (χ3n) is 2.80. The van der Waals surface area contributed by atoms with Crippen LogP contribution in [0.1, 0.15) is 6.42 Å². The van der Waals surface area contributed by atoms with E-state index in [1.165, 1.54) is 0 Å². The van der Waals surface area contributed by atoms with Crippen molar-refractivity contribution in [1.82, 2.24) is 0 Å². The van der Waals surface area contributed by atoms with E-state index in [2.05, 4.69) is 4.84 Å². The SMILES string of the molecule is NC(=O)C[C@H]1CO[C@H]2[C@@H]1OC[C@H]2O[N+](=O)[O-]. The molecular formula is C8H12N2O6. The fourth-order valence-electron chi connectivity index (χ4n) is 2.18. The van der Waals surface area contributed by atoms with Crippen LogP contribution in [-0.2, 0) is 19.1 Å². The zero-order chi connectivity index (χ0) is 11.7. The largest absolute Gasteiger partial charge is 0.373 e. The van der Waals surface area contributed by atoms with Gasteiger partial charge in [0.1, 0.15) is 6.10 Å². The van der Waals surface area contributed by atoms with Crippen molar-refractivity contribution in [2.45, 2.75) is 24.7 Å². The van der Waals surface area contributed by atoms with Crippen molar-refractivity contribution in [3.8, 4) is 0 Å². The molecular weight excluding hydrogens is 220 g/mol. The Kier molecular flexibility index (Phi) is 2.92. The molecule has 8 heteroatoms. The molecule has 8 nitrogen and oxygen atoms in total. The van der Waals surface area contributed by atoms with E-state index in [1.807, 2.05) is 0 Å². The molecule has 0 aromatic rings. The van der Waals surface area contributed by atoms with Gasteiger partial charge in [0.2, 0.25) is 5.91 Å². The number of nitrogens with zero attached hydrogens (tertiary/aromatic N) is 1. The van der Waals surface area contributed by atoms with Gasteiger partial charge in [-0.25, -0.2) is 0 Å². The number of hydrogen-bond donors (Lipinski definition) is 1. The topological polar surface area (TPSA) is 114 Å². The van der Waals surface area contributed by atoms with E-state index in [-0.39, 0.29) is 25.0 Å². The summed E-state index contributed by atoms with van der Waals surface area (Å²) in [6, 6.07) is 0. The van der Waals surface area contributed by atoms with Crippen LogP contribution < -0.4 is 5.73 Å². The molecule has 0 saturated carbocycles. The maximum Gasteiger partial charge on any atom is 0.294 e. The van der Waals surface area contributed by atoms with Gasteiger partial charge in [-0.3, -0.25) is 4.79 Å². The van der Waals surface area contributed by atoms with Gasteiger partial charge in [0, 0.05) is 12.3 Å². The maximum absolute atomic E-state index is 10.8. The monoisotopic (exact) mass is 232 g/mol. The van der Waals surface area contributed by atoms with Crippen molar-refractivity contribution >= 4 is 5.91 Å². The third-order valence-corrected chi connectivity index (χ3v) is 2.80. The second kappa shape index (κ2) is 4.22. The first-order chi connectivity index (χ1) is 7.58. The molecule has 2 saturated heterocycles. The number of ether oxygens (including phenoxy) is 2. The quantitative estimate of drug-likeness (QED) is 0.483. The van der Waals surface area contributed by atoms with E-state index >= 15 is 0 Å². The van der Waals surface area contributed by atoms with Gasteiger partial charge in [-0.05, 0) is 0 Å². The Labute approximate surface area is 90.7 Å². The Morgan fingerprint density at radius 1 is 1.44 bits per heavy atom. The van der Waals surface area contributed by atoms with E-state index in [0.29, 0.717) is 6.61 Å². The third kappa shape index (κ3) is 2.07. The van der Waals surface area contributed by atoms with Gasteiger partial charge in [0.15, 0.2) is 6.10 Å². The smallest absolute Gasteiger partial charge is 0.294 e. The fraction of sp³-hybridized carbons (Fsp3) is 0.875. The highest BCUT2D eigenvalue weighted by molar-refractivity contribution is 5.74. The lowest BCUT2D eigenvalue weighted by Gasteiger charge is -2.14. The molecule has 0 spiro atoms. The van der Waals surface area contributed by atoms with Gasteiger partial charge < -0.3 is 20.0 Å². The summed E-state index contributed by atoms with van der Waals surface area (Å²) in [4.78, 5) is 25.4. The molecule has 0 bridgehead atoms. The highest BCUT2D eigenvalue weighted by Crippen LogP contribution is 2.34. The summed E-state index contributed by atoms with van der Waals surface area (Å²) in [6.45, 7) is 0.418. The van der Waals surface area contributed by atoms with Crippen LogP contribution in [-0.4, -0.2) is 42.5 Å². The van der Waals surface area contributed by atoms with Crippen LogP contribution >= 0.6 is 0 Å².